The Balaban J connectivity index is 2.07. The Bertz CT molecular complexity index is 509. The third kappa shape index (κ3) is 3.76. The minimum absolute atomic E-state index is 0.725. The molecular formula is C15H20N2O2. The number of rotatable bonds is 6. The number of hydrogen-bond donors (Lipinski definition) is 1. The van der Waals surface area contributed by atoms with Gasteiger partial charge in [-0.3, -0.25) is 4.90 Å². The van der Waals surface area contributed by atoms with E-state index >= 15 is 0 Å². The summed E-state index contributed by atoms with van der Waals surface area (Å²) in [7, 11) is 1.65. The van der Waals surface area contributed by atoms with E-state index in [-0.39, 0.29) is 0 Å². The maximum absolute atomic E-state index is 5.87. The van der Waals surface area contributed by atoms with Gasteiger partial charge < -0.3 is 14.9 Å². The molecule has 102 valence electrons. The van der Waals surface area contributed by atoms with Gasteiger partial charge in [0.2, 0.25) is 0 Å². The number of hydrogen-bond acceptors (Lipinski definition) is 4. The van der Waals surface area contributed by atoms with Crippen LogP contribution in [0.2, 0.25) is 0 Å². The van der Waals surface area contributed by atoms with Crippen molar-refractivity contribution in [1.82, 2.24) is 4.90 Å². The highest BCUT2D eigenvalue weighted by Crippen LogP contribution is 2.20. The summed E-state index contributed by atoms with van der Waals surface area (Å²) < 4.78 is 10.6. The Morgan fingerprint density at radius 3 is 2.74 bits per heavy atom. The van der Waals surface area contributed by atoms with Crippen LogP contribution >= 0.6 is 0 Å². The van der Waals surface area contributed by atoms with E-state index in [1.807, 2.05) is 30.3 Å². The first-order valence-corrected chi connectivity index (χ1v) is 6.39. The summed E-state index contributed by atoms with van der Waals surface area (Å²) >= 11 is 0. The van der Waals surface area contributed by atoms with Gasteiger partial charge in [0.15, 0.2) is 0 Å². The molecule has 4 heteroatoms. The van der Waals surface area contributed by atoms with Crippen LogP contribution in [0.1, 0.15) is 18.2 Å². The van der Waals surface area contributed by atoms with Crippen molar-refractivity contribution in [2.75, 3.05) is 19.4 Å². The summed E-state index contributed by atoms with van der Waals surface area (Å²) in [5.74, 6) is 1.77. The predicted molar refractivity (Wildman–Crippen MR) is 75.9 cm³/mol. The first kappa shape index (κ1) is 13.5. The van der Waals surface area contributed by atoms with Gasteiger partial charge >= 0.3 is 0 Å². The van der Waals surface area contributed by atoms with E-state index in [2.05, 4.69) is 11.8 Å². The van der Waals surface area contributed by atoms with Gasteiger partial charge in [0.05, 0.1) is 19.9 Å². The highest BCUT2D eigenvalue weighted by molar-refractivity contribution is 5.47. The number of ether oxygens (including phenoxy) is 1. The maximum Gasteiger partial charge on any atom is 0.121 e. The Morgan fingerprint density at radius 2 is 2.11 bits per heavy atom. The number of methoxy groups -OCH3 is 1. The molecule has 1 aromatic heterocycles. The zero-order valence-corrected chi connectivity index (χ0v) is 11.4. The van der Waals surface area contributed by atoms with Gasteiger partial charge in [-0.15, -0.1) is 0 Å². The molecule has 0 atom stereocenters. The number of anilines is 1. The lowest BCUT2D eigenvalue weighted by atomic mass is 10.1. The number of benzene rings is 1. The van der Waals surface area contributed by atoms with Crippen LogP contribution in [0.15, 0.2) is 41.0 Å². The SMILES string of the molecule is CCN(Cc1cc(N)cc(OC)c1)Cc1ccco1. The third-order valence-electron chi connectivity index (χ3n) is 3.04. The molecule has 0 saturated heterocycles. The summed E-state index contributed by atoms with van der Waals surface area (Å²) in [6.07, 6.45) is 1.70. The second-order valence-electron chi connectivity index (χ2n) is 4.50. The van der Waals surface area contributed by atoms with E-state index in [1.54, 1.807) is 13.4 Å². The average molecular weight is 260 g/mol. The first-order chi connectivity index (χ1) is 9.21. The summed E-state index contributed by atoms with van der Waals surface area (Å²) in [6.45, 7) is 4.68. The highest BCUT2D eigenvalue weighted by atomic mass is 16.5. The molecule has 4 nitrogen and oxygen atoms in total. The van der Waals surface area contributed by atoms with Gasteiger partial charge in [-0.25, -0.2) is 0 Å². The van der Waals surface area contributed by atoms with E-state index in [0.717, 1.165) is 42.4 Å². The van der Waals surface area contributed by atoms with Gasteiger partial charge in [-0.2, -0.15) is 0 Å². The number of furan rings is 1. The van der Waals surface area contributed by atoms with Crippen molar-refractivity contribution in [3.63, 3.8) is 0 Å². The van der Waals surface area contributed by atoms with Crippen LogP contribution in [0, 0.1) is 0 Å². The molecule has 1 aromatic carbocycles. The van der Waals surface area contributed by atoms with Crippen molar-refractivity contribution >= 4 is 5.69 Å². The van der Waals surface area contributed by atoms with E-state index in [0.29, 0.717) is 0 Å². The Morgan fingerprint density at radius 1 is 1.26 bits per heavy atom. The van der Waals surface area contributed by atoms with Gasteiger partial charge in [0.1, 0.15) is 11.5 Å². The number of nitrogens with zero attached hydrogens (tertiary/aromatic N) is 1. The molecule has 2 aromatic rings. The van der Waals surface area contributed by atoms with Crippen molar-refractivity contribution in [1.29, 1.82) is 0 Å². The summed E-state index contributed by atoms with van der Waals surface area (Å²) in [5.41, 5.74) is 7.74. The van der Waals surface area contributed by atoms with Crippen molar-refractivity contribution in [2.45, 2.75) is 20.0 Å². The molecule has 0 saturated carbocycles. The fraction of sp³-hybridized carbons (Fsp3) is 0.333. The van der Waals surface area contributed by atoms with Crippen LogP contribution in [-0.4, -0.2) is 18.6 Å². The summed E-state index contributed by atoms with van der Waals surface area (Å²) in [4.78, 5) is 2.28. The summed E-state index contributed by atoms with van der Waals surface area (Å²) in [5, 5.41) is 0. The zero-order chi connectivity index (χ0) is 13.7. The lowest BCUT2D eigenvalue weighted by Gasteiger charge is -2.19. The molecule has 0 bridgehead atoms. The molecule has 0 aliphatic carbocycles. The first-order valence-electron chi connectivity index (χ1n) is 6.39. The van der Waals surface area contributed by atoms with Gasteiger partial charge in [0, 0.05) is 18.3 Å². The average Bonchev–Trinajstić information content (AvgIpc) is 2.90. The van der Waals surface area contributed by atoms with Crippen LogP contribution in [0.5, 0.6) is 5.75 Å². The second-order valence-corrected chi connectivity index (χ2v) is 4.50. The van der Waals surface area contributed by atoms with Crippen molar-refractivity contribution in [2.24, 2.45) is 0 Å². The topological polar surface area (TPSA) is 51.6 Å². The van der Waals surface area contributed by atoms with E-state index in [9.17, 15) is 0 Å². The fourth-order valence-corrected chi connectivity index (χ4v) is 2.06. The van der Waals surface area contributed by atoms with E-state index in [1.165, 1.54) is 0 Å². The lowest BCUT2D eigenvalue weighted by molar-refractivity contribution is 0.247. The fourth-order valence-electron chi connectivity index (χ4n) is 2.06. The number of nitrogens with two attached hydrogens (primary N) is 1. The molecule has 0 spiro atoms. The van der Waals surface area contributed by atoms with Crippen LogP contribution in [0.3, 0.4) is 0 Å². The molecule has 0 aliphatic heterocycles. The Hall–Kier alpha value is -1.94. The lowest BCUT2D eigenvalue weighted by Crippen LogP contribution is -2.22. The monoisotopic (exact) mass is 260 g/mol. The predicted octanol–water partition coefficient (Wildman–Crippen LogP) is 2.89. The van der Waals surface area contributed by atoms with E-state index in [4.69, 9.17) is 14.9 Å². The van der Waals surface area contributed by atoms with Crippen LogP contribution in [0.4, 0.5) is 5.69 Å². The molecule has 2 rings (SSSR count). The van der Waals surface area contributed by atoms with Crippen LogP contribution < -0.4 is 10.5 Å². The van der Waals surface area contributed by atoms with Gasteiger partial charge in [-0.1, -0.05) is 6.92 Å². The molecule has 0 amide bonds. The minimum atomic E-state index is 0.725. The molecular weight excluding hydrogens is 240 g/mol. The van der Waals surface area contributed by atoms with Crippen LogP contribution in [-0.2, 0) is 13.1 Å². The third-order valence-corrected chi connectivity index (χ3v) is 3.04. The highest BCUT2D eigenvalue weighted by Gasteiger charge is 2.08. The maximum atomic E-state index is 5.87. The Kier molecular flexibility index (Phi) is 4.47. The Labute approximate surface area is 113 Å². The van der Waals surface area contributed by atoms with Crippen molar-refractivity contribution < 1.29 is 9.15 Å². The van der Waals surface area contributed by atoms with Crippen molar-refractivity contribution in [3.05, 3.63) is 47.9 Å². The molecule has 1 heterocycles. The normalized spacial score (nSPS) is 10.9. The van der Waals surface area contributed by atoms with Crippen LogP contribution in [0.25, 0.3) is 0 Å². The molecule has 2 N–H and O–H groups in total. The molecule has 0 fully saturated rings. The largest absolute Gasteiger partial charge is 0.497 e. The molecule has 0 radical (unpaired) electrons. The quantitative estimate of drug-likeness (QED) is 0.811. The van der Waals surface area contributed by atoms with E-state index < -0.39 is 0 Å². The smallest absolute Gasteiger partial charge is 0.121 e. The van der Waals surface area contributed by atoms with Gasteiger partial charge in [0.25, 0.3) is 0 Å². The summed E-state index contributed by atoms with van der Waals surface area (Å²) in [6, 6.07) is 9.72. The molecule has 0 unspecified atom stereocenters. The van der Waals surface area contributed by atoms with Crippen molar-refractivity contribution in [3.8, 4) is 5.75 Å². The molecule has 0 aliphatic rings. The zero-order valence-electron chi connectivity index (χ0n) is 11.4. The molecule has 19 heavy (non-hydrogen) atoms. The van der Waals surface area contributed by atoms with Gasteiger partial charge in [-0.05, 0) is 36.4 Å². The number of nitrogen functional groups attached to an aromatic ring is 1. The minimum Gasteiger partial charge on any atom is -0.497 e. The standard InChI is InChI=1S/C15H20N2O2/c1-3-17(11-14-5-4-6-19-14)10-12-7-13(16)9-15(8-12)18-2/h4-9H,3,10-11,16H2,1-2H3. The second kappa shape index (κ2) is 6.29.